The third kappa shape index (κ3) is 15.6. The van der Waals surface area contributed by atoms with Crippen LogP contribution in [0.5, 0.6) is 0 Å². The number of rotatable bonds is 6. The van der Waals surface area contributed by atoms with E-state index in [-0.39, 0.29) is 0 Å². The summed E-state index contributed by atoms with van der Waals surface area (Å²) in [6.07, 6.45) is 6.42. The Bertz CT molecular complexity index is 286. The van der Waals surface area contributed by atoms with Gasteiger partial charge in [-0.2, -0.15) is 0 Å². The van der Waals surface area contributed by atoms with Crippen molar-refractivity contribution in [2.75, 3.05) is 32.9 Å². The molecule has 0 aromatic heterocycles. The van der Waals surface area contributed by atoms with Crippen molar-refractivity contribution in [3.05, 3.63) is 38.0 Å². The van der Waals surface area contributed by atoms with Crippen molar-refractivity contribution in [3.63, 3.8) is 0 Å². The highest BCUT2D eigenvalue weighted by molar-refractivity contribution is 7.84. The summed E-state index contributed by atoms with van der Waals surface area (Å²) in [6, 6.07) is 0. The predicted octanol–water partition coefficient (Wildman–Crippen LogP) is 1.15. The normalized spacial score (nSPS) is 10.9. The van der Waals surface area contributed by atoms with Gasteiger partial charge in [-0.25, -0.2) is 8.42 Å². The predicted molar refractivity (Wildman–Crippen MR) is 67.0 cm³/mol. The lowest BCUT2D eigenvalue weighted by molar-refractivity contribution is -0.892. The van der Waals surface area contributed by atoms with Gasteiger partial charge < -0.3 is 9.04 Å². The van der Waals surface area contributed by atoms with Crippen LogP contribution >= 0.6 is 0 Å². The van der Waals surface area contributed by atoms with Crippen molar-refractivity contribution >= 4 is 10.1 Å². The minimum absolute atomic E-state index is 0.604. The number of quaternary nitrogens is 1. The topological polar surface area (TPSA) is 57.2 Å². The van der Waals surface area contributed by atoms with Crippen LogP contribution in [0.3, 0.4) is 0 Å². The van der Waals surface area contributed by atoms with Gasteiger partial charge in [-0.1, -0.05) is 19.7 Å². The first kappa shape index (κ1) is 17.5. The van der Waals surface area contributed by atoms with Gasteiger partial charge in [-0.05, 0) is 18.2 Å². The molecule has 0 saturated heterocycles. The van der Waals surface area contributed by atoms with Crippen molar-refractivity contribution in [1.82, 2.24) is 0 Å². The second-order valence-corrected chi connectivity index (χ2v) is 5.15. The van der Waals surface area contributed by atoms with Gasteiger partial charge in [0.1, 0.15) is 0 Å². The summed E-state index contributed by atoms with van der Waals surface area (Å²) in [5.41, 5.74) is 0. The maximum Gasteiger partial charge on any atom is 0.0973 e. The van der Waals surface area contributed by atoms with E-state index in [9.17, 15) is 0 Å². The zero-order chi connectivity index (χ0) is 13.2. The maximum atomic E-state index is 9.08. The van der Waals surface area contributed by atoms with Crippen LogP contribution < -0.4 is 0 Å². The molecule has 0 unspecified atom stereocenters. The Balaban J connectivity index is 0. The first-order valence-corrected chi connectivity index (χ1v) is 6.57. The zero-order valence-corrected chi connectivity index (χ0v) is 10.9. The highest BCUT2D eigenvalue weighted by Gasteiger charge is 2.14. The summed E-state index contributed by atoms with van der Waals surface area (Å²) in [5, 5.41) is 0. The zero-order valence-electron chi connectivity index (χ0n) is 10.1. The molecule has 4 nitrogen and oxygen atoms in total. The summed E-state index contributed by atoms with van der Waals surface area (Å²) in [4.78, 5) is 0. The van der Waals surface area contributed by atoms with Crippen molar-refractivity contribution < 1.29 is 17.5 Å². The average molecular weight is 247 g/mol. The van der Waals surface area contributed by atoms with Gasteiger partial charge in [-0.15, -0.1) is 0 Å². The number of nitrogens with zero attached hydrogens (tertiary/aromatic N) is 1. The summed E-state index contributed by atoms with van der Waals surface area (Å²) in [5.74, 6) is 0. The second-order valence-electron chi connectivity index (χ2n) is 3.74. The minimum Gasteiger partial charge on any atom is -0.748 e. The van der Waals surface area contributed by atoms with Crippen LogP contribution in [-0.4, -0.2) is 50.4 Å². The lowest BCUT2D eigenvalue weighted by atomic mass is 10.3. The van der Waals surface area contributed by atoms with Crippen LogP contribution in [-0.2, 0) is 10.1 Å². The van der Waals surface area contributed by atoms with Gasteiger partial charge in [0.15, 0.2) is 0 Å². The SMILES string of the molecule is C=CC[N+](C)(CC=C)CC=C.CS(=O)(=O)[O-]. The fourth-order valence-electron chi connectivity index (χ4n) is 1.16. The molecular formula is C11H21NO3S. The van der Waals surface area contributed by atoms with Gasteiger partial charge in [0.2, 0.25) is 0 Å². The Labute approximate surface area is 98.9 Å². The Morgan fingerprint density at radius 1 is 1.06 bits per heavy atom. The average Bonchev–Trinajstić information content (AvgIpc) is 2.01. The van der Waals surface area contributed by atoms with Gasteiger partial charge in [0.25, 0.3) is 0 Å². The van der Waals surface area contributed by atoms with Crippen LogP contribution in [0.15, 0.2) is 38.0 Å². The molecule has 0 atom stereocenters. The minimum atomic E-state index is -3.92. The molecule has 0 N–H and O–H groups in total. The molecule has 0 aliphatic heterocycles. The Hall–Kier alpha value is -0.910. The van der Waals surface area contributed by atoms with Crippen molar-refractivity contribution in [2.45, 2.75) is 0 Å². The van der Waals surface area contributed by atoms with Crippen LogP contribution in [0.4, 0.5) is 0 Å². The fraction of sp³-hybridized carbons (Fsp3) is 0.455. The number of likely N-dealkylation sites (N-methyl/N-ethyl adjacent to an activating group) is 1. The lowest BCUT2D eigenvalue weighted by Crippen LogP contribution is -2.44. The summed E-state index contributed by atoms with van der Waals surface area (Å²) >= 11 is 0. The molecule has 0 aliphatic carbocycles. The molecule has 0 amide bonds. The van der Waals surface area contributed by atoms with Crippen molar-refractivity contribution in [2.24, 2.45) is 0 Å². The van der Waals surface area contributed by atoms with Crippen molar-refractivity contribution in [1.29, 1.82) is 0 Å². The monoisotopic (exact) mass is 247 g/mol. The van der Waals surface area contributed by atoms with Crippen LogP contribution in [0.2, 0.25) is 0 Å². The van der Waals surface area contributed by atoms with E-state index in [2.05, 4.69) is 26.8 Å². The highest BCUT2D eigenvalue weighted by atomic mass is 32.2. The third-order valence-electron chi connectivity index (χ3n) is 1.71. The molecule has 5 heteroatoms. The largest absolute Gasteiger partial charge is 0.748 e. The van der Waals surface area contributed by atoms with E-state index in [1.54, 1.807) is 0 Å². The van der Waals surface area contributed by atoms with Gasteiger partial charge >= 0.3 is 0 Å². The van der Waals surface area contributed by atoms with E-state index in [0.29, 0.717) is 6.26 Å². The number of hydrogen-bond acceptors (Lipinski definition) is 3. The quantitative estimate of drug-likeness (QED) is 0.402. The molecule has 94 valence electrons. The fourth-order valence-corrected chi connectivity index (χ4v) is 1.16. The lowest BCUT2D eigenvalue weighted by Gasteiger charge is -2.30. The number of hydrogen-bond donors (Lipinski definition) is 0. The standard InChI is InChI=1S/C10H18N.CH4O3S/c1-5-8-11(4,9-6-2)10-7-3;1-5(2,3)4/h5-7H,1-3,8-10H2,4H3;1H3,(H,2,3,4)/q+1;/p-1. The maximum absolute atomic E-state index is 9.08. The Morgan fingerprint density at radius 2 is 1.25 bits per heavy atom. The van der Waals surface area contributed by atoms with E-state index < -0.39 is 10.1 Å². The molecule has 0 saturated carbocycles. The molecule has 0 heterocycles. The molecule has 0 rings (SSSR count). The third-order valence-corrected chi connectivity index (χ3v) is 1.71. The van der Waals surface area contributed by atoms with E-state index in [0.717, 1.165) is 24.1 Å². The smallest absolute Gasteiger partial charge is 0.0973 e. The van der Waals surface area contributed by atoms with E-state index in [1.807, 2.05) is 18.2 Å². The second kappa shape index (κ2) is 8.27. The van der Waals surface area contributed by atoms with Gasteiger partial charge in [0.05, 0.1) is 36.8 Å². The molecular weight excluding hydrogens is 226 g/mol. The molecule has 0 radical (unpaired) electrons. The molecule has 0 fully saturated rings. The molecule has 0 aromatic rings. The summed E-state index contributed by atoms with van der Waals surface area (Å²) in [7, 11) is -1.74. The molecule has 0 bridgehead atoms. The molecule has 0 aliphatic rings. The van der Waals surface area contributed by atoms with Gasteiger partial charge in [0, 0.05) is 6.26 Å². The Morgan fingerprint density at radius 3 is 1.38 bits per heavy atom. The van der Waals surface area contributed by atoms with Gasteiger partial charge in [-0.3, -0.25) is 0 Å². The van der Waals surface area contributed by atoms with E-state index >= 15 is 0 Å². The van der Waals surface area contributed by atoms with Crippen LogP contribution in [0, 0.1) is 0 Å². The van der Waals surface area contributed by atoms with Crippen LogP contribution in [0.1, 0.15) is 0 Å². The molecule has 0 aromatic carbocycles. The summed E-state index contributed by atoms with van der Waals surface area (Å²) in [6.45, 7) is 14.1. The Kier molecular flexibility index (Phi) is 9.03. The highest BCUT2D eigenvalue weighted by Crippen LogP contribution is 2.01. The first-order valence-electron chi connectivity index (χ1n) is 4.75. The van der Waals surface area contributed by atoms with E-state index in [4.69, 9.17) is 13.0 Å². The molecule has 0 spiro atoms. The molecule has 16 heavy (non-hydrogen) atoms. The summed E-state index contributed by atoms with van der Waals surface area (Å²) < 4.78 is 28.2. The van der Waals surface area contributed by atoms with Crippen LogP contribution in [0.25, 0.3) is 0 Å². The van der Waals surface area contributed by atoms with E-state index in [1.165, 1.54) is 0 Å². The first-order chi connectivity index (χ1) is 7.18. The van der Waals surface area contributed by atoms with Crippen molar-refractivity contribution in [3.8, 4) is 0 Å².